The fourth-order valence-electron chi connectivity index (χ4n) is 2.92. The van der Waals surface area contributed by atoms with Crippen molar-refractivity contribution in [2.24, 2.45) is 11.8 Å². The van der Waals surface area contributed by atoms with Gasteiger partial charge in [-0.05, 0) is 43.0 Å². The molecule has 0 saturated carbocycles. The van der Waals surface area contributed by atoms with Crippen LogP contribution in [0.2, 0.25) is 0 Å². The van der Waals surface area contributed by atoms with Gasteiger partial charge in [-0.3, -0.25) is 4.79 Å². The summed E-state index contributed by atoms with van der Waals surface area (Å²) in [5, 5.41) is 11.7. The summed E-state index contributed by atoms with van der Waals surface area (Å²) in [6, 6.07) is 3.50. The van der Waals surface area contributed by atoms with Crippen molar-refractivity contribution >= 4 is 21.9 Å². The third-order valence-electron chi connectivity index (χ3n) is 4.44. The molecule has 1 aliphatic rings. The molecule has 2 atom stereocenters. The number of benzene rings is 1. The molecule has 1 fully saturated rings. The first kappa shape index (κ1) is 20.3. The smallest absolute Gasteiger partial charge is 0.326 e. The van der Waals surface area contributed by atoms with Crippen molar-refractivity contribution in [2.75, 3.05) is 13.1 Å². The normalized spacial score (nSPS) is 19.9. The van der Waals surface area contributed by atoms with E-state index in [1.807, 2.05) is 0 Å². The molecule has 7 nitrogen and oxygen atoms in total. The number of hydrogen-bond acceptors (Lipinski definition) is 4. The van der Waals surface area contributed by atoms with Gasteiger partial charge in [0.1, 0.15) is 11.9 Å². The summed E-state index contributed by atoms with van der Waals surface area (Å²) in [7, 11) is -3.84. The van der Waals surface area contributed by atoms with Crippen molar-refractivity contribution in [1.82, 2.24) is 9.62 Å². The van der Waals surface area contributed by atoms with E-state index in [1.165, 1.54) is 16.4 Å². The van der Waals surface area contributed by atoms with Crippen LogP contribution in [0.3, 0.4) is 0 Å². The van der Waals surface area contributed by atoms with E-state index in [4.69, 9.17) is 0 Å². The average Bonchev–Trinajstić information content (AvgIpc) is 2.59. The zero-order chi connectivity index (χ0) is 19.5. The molecule has 0 bridgehead atoms. The first-order valence-corrected chi connectivity index (χ1v) is 9.86. The molecule has 1 amide bonds. The first-order chi connectivity index (χ1) is 12.1. The maximum Gasteiger partial charge on any atom is 0.326 e. The Labute approximate surface area is 152 Å². The molecule has 1 aromatic rings. The minimum absolute atomic E-state index is 0.0318. The van der Waals surface area contributed by atoms with Gasteiger partial charge >= 0.3 is 5.97 Å². The highest BCUT2D eigenvalue weighted by Gasteiger charge is 2.35. The molecule has 1 aliphatic heterocycles. The Morgan fingerprint density at radius 3 is 2.42 bits per heavy atom. The van der Waals surface area contributed by atoms with Crippen molar-refractivity contribution in [1.29, 1.82) is 0 Å². The third-order valence-corrected chi connectivity index (χ3v) is 6.32. The molecule has 1 aromatic carbocycles. The van der Waals surface area contributed by atoms with Gasteiger partial charge in [-0.2, -0.15) is 4.31 Å². The number of amides is 1. The first-order valence-electron chi connectivity index (χ1n) is 8.42. The van der Waals surface area contributed by atoms with Gasteiger partial charge in [-0.1, -0.05) is 13.8 Å². The third kappa shape index (κ3) is 4.59. The van der Waals surface area contributed by atoms with Crippen molar-refractivity contribution in [3.05, 3.63) is 30.1 Å². The van der Waals surface area contributed by atoms with Crippen LogP contribution in [0.25, 0.3) is 0 Å². The predicted molar refractivity (Wildman–Crippen MR) is 92.3 cm³/mol. The molecular weight excluding hydrogens is 363 g/mol. The number of nitrogens with zero attached hydrogens (tertiary/aromatic N) is 1. The largest absolute Gasteiger partial charge is 0.480 e. The number of piperidine rings is 1. The van der Waals surface area contributed by atoms with Gasteiger partial charge in [0.05, 0.1) is 10.8 Å². The molecule has 1 saturated heterocycles. The topological polar surface area (TPSA) is 104 Å². The SMILES string of the molecule is CC(C)[C@@H](NC(=O)[C@@H]1CCCN(S(=O)(=O)c2ccc(F)cc2)C1)C(=O)O. The highest BCUT2D eigenvalue weighted by Crippen LogP contribution is 2.24. The average molecular weight is 386 g/mol. The summed E-state index contributed by atoms with van der Waals surface area (Å²) in [4.78, 5) is 23.6. The lowest BCUT2D eigenvalue weighted by Gasteiger charge is -2.32. The molecule has 2 N–H and O–H groups in total. The number of sulfonamides is 1. The summed E-state index contributed by atoms with van der Waals surface area (Å²) >= 11 is 0. The van der Waals surface area contributed by atoms with Crippen molar-refractivity contribution < 1.29 is 27.5 Å². The second-order valence-corrected chi connectivity index (χ2v) is 8.66. The predicted octanol–water partition coefficient (Wildman–Crippen LogP) is 1.45. The Morgan fingerprint density at radius 1 is 1.27 bits per heavy atom. The van der Waals surface area contributed by atoms with Crippen LogP contribution in [0.5, 0.6) is 0 Å². The van der Waals surface area contributed by atoms with E-state index in [-0.39, 0.29) is 23.9 Å². The van der Waals surface area contributed by atoms with Gasteiger partial charge in [-0.15, -0.1) is 0 Å². The number of aliphatic carboxylic acids is 1. The Hall–Kier alpha value is -2.00. The number of halogens is 1. The number of carbonyl (C=O) groups is 2. The highest BCUT2D eigenvalue weighted by molar-refractivity contribution is 7.89. The van der Waals surface area contributed by atoms with Gasteiger partial charge in [0.15, 0.2) is 0 Å². The van der Waals surface area contributed by atoms with Crippen LogP contribution in [0, 0.1) is 17.7 Å². The van der Waals surface area contributed by atoms with Crippen LogP contribution in [-0.4, -0.2) is 48.8 Å². The zero-order valence-electron chi connectivity index (χ0n) is 14.7. The molecule has 2 rings (SSSR count). The lowest BCUT2D eigenvalue weighted by atomic mass is 9.97. The summed E-state index contributed by atoms with van der Waals surface area (Å²) in [6.45, 7) is 3.60. The molecule has 0 aromatic heterocycles. The Bertz CT molecular complexity index is 764. The van der Waals surface area contributed by atoms with Crippen LogP contribution >= 0.6 is 0 Å². The van der Waals surface area contributed by atoms with Crippen molar-refractivity contribution in [3.8, 4) is 0 Å². The molecule has 0 aliphatic carbocycles. The van der Waals surface area contributed by atoms with E-state index >= 15 is 0 Å². The van der Waals surface area contributed by atoms with E-state index in [9.17, 15) is 27.5 Å². The number of carbonyl (C=O) groups excluding carboxylic acids is 1. The second-order valence-electron chi connectivity index (χ2n) is 6.72. The van der Waals surface area contributed by atoms with Gasteiger partial charge in [0.2, 0.25) is 15.9 Å². The van der Waals surface area contributed by atoms with Gasteiger partial charge < -0.3 is 10.4 Å². The zero-order valence-corrected chi connectivity index (χ0v) is 15.5. The van der Waals surface area contributed by atoms with Crippen LogP contribution in [0.4, 0.5) is 4.39 Å². The molecular formula is C17H23FN2O5S. The van der Waals surface area contributed by atoms with E-state index in [2.05, 4.69) is 5.32 Å². The minimum Gasteiger partial charge on any atom is -0.480 e. The lowest BCUT2D eigenvalue weighted by molar-refractivity contribution is -0.144. The molecule has 0 unspecified atom stereocenters. The summed E-state index contributed by atoms with van der Waals surface area (Å²) < 4.78 is 39.6. The van der Waals surface area contributed by atoms with Crippen LogP contribution < -0.4 is 5.32 Å². The standard InChI is InChI=1S/C17H23FN2O5S/c1-11(2)15(17(22)23)19-16(21)12-4-3-9-20(10-12)26(24,25)14-7-5-13(18)6-8-14/h5-8,11-12,15H,3-4,9-10H2,1-2H3,(H,19,21)(H,22,23)/t12-,15-/m1/s1. The fourth-order valence-corrected chi connectivity index (χ4v) is 4.44. The number of carboxylic acid groups (broad SMARTS) is 1. The summed E-state index contributed by atoms with van der Waals surface area (Å²) in [6.07, 6.45) is 0.962. The second kappa shape index (κ2) is 8.13. The van der Waals surface area contributed by atoms with Crippen LogP contribution in [0.15, 0.2) is 29.2 Å². The van der Waals surface area contributed by atoms with E-state index in [0.29, 0.717) is 12.8 Å². The van der Waals surface area contributed by atoms with Gasteiger partial charge in [0.25, 0.3) is 0 Å². The Morgan fingerprint density at radius 2 is 1.88 bits per heavy atom. The monoisotopic (exact) mass is 386 g/mol. The maximum atomic E-state index is 13.0. The molecule has 0 spiro atoms. The van der Waals surface area contributed by atoms with E-state index in [1.54, 1.807) is 13.8 Å². The van der Waals surface area contributed by atoms with E-state index < -0.39 is 39.7 Å². The van der Waals surface area contributed by atoms with E-state index in [0.717, 1.165) is 12.1 Å². The molecule has 26 heavy (non-hydrogen) atoms. The quantitative estimate of drug-likeness (QED) is 0.770. The maximum absolute atomic E-state index is 13.0. The highest BCUT2D eigenvalue weighted by atomic mass is 32.2. The van der Waals surface area contributed by atoms with Crippen LogP contribution in [0.1, 0.15) is 26.7 Å². The Kier molecular flexibility index (Phi) is 6.35. The molecule has 9 heteroatoms. The fraction of sp³-hybridized carbons (Fsp3) is 0.529. The van der Waals surface area contributed by atoms with Crippen molar-refractivity contribution in [3.63, 3.8) is 0 Å². The summed E-state index contributed by atoms with van der Waals surface area (Å²) in [5.74, 6) is -3.04. The van der Waals surface area contributed by atoms with Crippen molar-refractivity contribution in [2.45, 2.75) is 37.6 Å². The Balaban J connectivity index is 2.12. The lowest BCUT2D eigenvalue weighted by Crippen LogP contribution is -2.50. The van der Waals surface area contributed by atoms with Gasteiger partial charge in [0, 0.05) is 13.1 Å². The molecule has 1 heterocycles. The molecule has 144 valence electrons. The molecule has 0 radical (unpaired) electrons. The summed E-state index contributed by atoms with van der Waals surface area (Å²) in [5.41, 5.74) is 0. The minimum atomic E-state index is -3.84. The van der Waals surface area contributed by atoms with Crippen LogP contribution in [-0.2, 0) is 19.6 Å². The van der Waals surface area contributed by atoms with Gasteiger partial charge in [-0.25, -0.2) is 17.6 Å². The number of rotatable bonds is 6. The number of nitrogens with one attached hydrogen (secondary N) is 1. The number of hydrogen-bond donors (Lipinski definition) is 2. The number of carboxylic acids is 1.